The quantitative estimate of drug-likeness (QED) is 0.229. The van der Waals surface area contributed by atoms with Crippen LogP contribution in [-0.4, -0.2) is 59.4 Å². The molecule has 2 rings (SSSR count). The van der Waals surface area contributed by atoms with E-state index in [0.29, 0.717) is 10.8 Å². The normalized spacial score (nSPS) is 18.1. The summed E-state index contributed by atoms with van der Waals surface area (Å²) in [7, 11) is -2.31. The molecule has 0 aromatic carbocycles. The Morgan fingerprint density at radius 3 is 1.95 bits per heavy atom. The maximum absolute atomic E-state index is 13.1. The zero-order chi connectivity index (χ0) is 30.3. The standard InChI is InChI=1S/C22H32F3N2O12P/c1-20(2,3)38-18(30)32-11-35-40(36-12-33-19(31)39-21(4,5)6)34-10-13-7-8-15(37-13)27-9-14(22(23,24)25)16(28)26-17(27)29/h9,13,15H,7-8,10-12H2,1-6H3,(H,26,28,29). The predicted molar refractivity (Wildman–Crippen MR) is 129 cm³/mol. The van der Waals surface area contributed by atoms with E-state index in [1.807, 2.05) is 0 Å². The molecule has 228 valence electrons. The highest BCUT2D eigenvalue weighted by Gasteiger charge is 2.37. The van der Waals surface area contributed by atoms with Gasteiger partial charge in [-0.2, -0.15) is 13.2 Å². The van der Waals surface area contributed by atoms with Gasteiger partial charge in [-0.1, -0.05) is 0 Å². The molecule has 1 saturated heterocycles. The molecule has 2 atom stereocenters. The number of carbonyl (C=O) groups excluding carboxylic acids is 2. The Balaban J connectivity index is 1.97. The third-order valence-corrected chi connectivity index (χ3v) is 5.48. The number of nitrogens with zero attached hydrogens (tertiary/aromatic N) is 1. The van der Waals surface area contributed by atoms with E-state index in [1.54, 1.807) is 46.5 Å². The van der Waals surface area contributed by atoms with Crippen LogP contribution in [0.4, 0.5) is 22.8 Å². The maximum atomic E-state index is 13.1. The molecular formula is C22H32F3N2O12P. The first-order valence-electron chi connectivity index (χ1n) is 11.8. The van der Waals surface area contributed by atoms with Crippen molar-refractivity contribution in [2.45, 2.75) is 84.1 Å². The van der Waals surface area contributed by atoms with E-state index in [-0.39, 0.29) is 19.4 Å². The van der Waals surface area contributed by atoms with Crippen LogP contribution >= 0.6 is 8.60 Å². The van der Waals surface area contributed by atoms with Gasteiger partial charge < -0.3 is 28.2 Å². The first kappa shape index (κ1) is 33.5. The molecule has 40 heavy (non-hydrogen) atoms. The Kier molecular flexibility index (Phi) is 11.5. The van der Waals surface area contributed by atoms with Gasteiger partial charge in [0.1, 0.15) is 23.0 Å². The van der Waals surface area contributed by atoms with Crippen LogP contribution in [0.2, 0.25) is 0 Å². The van der Waals surface area contributed by atoms with Gasteiger partial charge in [0, 0.05) is 6.20 Å². The molecule has 1 fully saturated rings. The summed E-state index contributed by atoms with van der Waals surface area (Å²) >= 11 is 0. The molecule has 0 spiro atoms. The van der Waals surface area contributed by atoms with Crippen molar-refractivity contribution >= 4 is 20.9 Å². The molecule has 1 N–H and O–H groups in total. The molecule has 0 amide bonds. The highest BCUT2D eigenvalue weighted by Crippen LogP contribution is 2.41. The number of H-pyrrole nitrogens is 1. The summed E-state index contributed by atoms with van der Waals surface area (Å²) in [6, 6.07) is 0. The third kappa shape index (κ3) is 11.8. The van der Waals surface area contributed by atoms with Crippen molar-refractivity contribution in [3.05, 3.63) is 32.6 Å². The minimum Gasteiger partial charge on any atom is -0.429 e. The zero-order valence-corrected chi connectivity index (χ0v) is 23.6. The van der Waals surface area contributed by atoms with Gasteiger partial charge in [0.25, 0.3) is 5.56 Å². The maximum Gasteiger partial charge on any atom is 0.510 e. The molecule has 2 unspecified atom stereocenters. The Labute approximate surface area is 227 Å². The van der Waals surface area contributed by atoms with Crippen molar-refractivity contribution in [1.82, 2.24) is 9.55 Å². The second-order valence-corrected chi connectivity index (χ2v) is 11.4. The molecule has 1 aromatic heterocycles. The number of hydrogen-bond acceptors (Lipinski definition) is 12. The summed E-state index contributed by atoms with van der Waals surface area (Å²) in [6.07, 6.45) is -8.09. The molecule has 0 bridgehead atoms. The van der Waals surface area contributed by atoms with Gasteiger partial charge in [-0.15, -0.1) is 0 Å². The number of ether oxygens (including phenoxy) is 5. The summed E-state index contributed by atoms with van der Waals surface area (Å²) in [5.74, 6) is 0. The van der Waals surface area contributed by atoms with Gasteiger partial charge in [-0.3, -0.25) is 23.4 Å². The SMILES string of the molecule is CC(C)(C)OC(=O)OCOP(OCOC(=O)OC(C)(C)C)OCC1CCC(n2cc(C(F)(F)F)c(=O)[nH]c2=O)O1. The van der Waals surface area contributed by atoms with E-state index in [9.17, 15) is 32.3 Å². The topological polar surface area (TPSA) is 163 Å². The van der Waals surface area contributed by atoms with Crippen LogP contribution in [0.25, 0.3) is 0 Å². The van der Waals surface area contributed by atoms with Gasteiger partial charge in [0.15, 0.2) is 0 Å². The van der Waals surface area contributed by atoms with Crippen LogP contribution in [0.5, 0.6) is 0 Å². The average Bonchev–Trinajstić information content (AvgIpc) is 3.22. The van der Waals surface area contributed by atoms with E-state index >= 15 is 0 Å². The van der Waals surface area contributed by atoms with Crippen molar-refractivity contribution in [1.29, 1.82) is 0 Å². The van der Waals surface area contributed by atoms with Gasteiger partial charge in [-0.05, 0) is 54.4 Å². The Hall–Kier alpha value is -2.72. The number of hydrogen-bond donors (Lipinski definition) is 1. The van der Waals surface area contributed by atoms with Crippen molar-refractivity contribution < 1.29 is 60.0 Å². The van der Waals surface area contributed by atoms with Crippen LogP contribution in [0.3, 0.4) is 0 Å². The highest BCUT2D eigenvalue weighted by atomic mass is 31.2. The fourth-order valence-electron chi connectivity index (χ4n) is 2.96. The van der Waals surface area contributed by atoms with Gasteiger partial charge >= 0.3 is 32.8 Å². The summed E-state index contributed by atoms with van der Waals surface area (Å²) in [4.78, 5) is 48.7. The molecule has 0 saturated carbocycles. The van der Waals surface area contributed by atoms with Crippen LogP contribution in [0, 0.1) is 0 Å². The molecule has 18 heteroatoms. The molecular weight excluding hydrogens is 572 g/mol. The van der Waals surface area contributed by atoms with Gasteiger partial charge in [0.2, 0.25) is 13.6 Å². The molecule has 0 radical (unpaired) electrons. The summed E-state index contributed by atoms with van der Waals surface area (Å²) in [5.41, 5.74) is -5.82. The molecule has 1 aliphatic rings. The number of carbonyl (C=O) groups is 2. The number of alkyl halides is 3. The number of aromatic nitrogens is 2. The third-order valence-electron chi connectivity index (χ3n) is 4.48. The second-order valence-electron chi connectivity index (χ2n) is 10.2. The first-order valence-corrected chi connectivity index (χ1v) is 12.9. The number of nitrogens with one attached hydrogen (secondary N) is 1. The van der Waals surface area contributed by atoms with E-state index in [0.717, 1.165) is 0 Å². The Bertz CT molecular complexity index is 1090. The first-order chi connectivity index (χ1) is 18.3. The van der Waals surface area contributed by atoms with Gasteiger partial charge in [-0.25, -0.2) is 14.4 Å². The lowest BCUT2D eigenvalue weighted by Gasteiger charge is -2.22. The number of rotatable bonds is 10. The van der Waals surface area contributed by atoms with Crippen molar-refractivity contribution in [3.8, 4) is 0 Å². The lowest BCUT2D eigenvalue weighted by Crippen LogP contribution is -2.36. The van der Waals surface area contributed by atoms with Crippen LogP contribution in [0.15, 0.2) is 15.8 Å². The molecule has 1 aliphatic heterocycles. The Morgan fingerprint density at radius 2 is 1.48 bits per heavy atom. The highest BCUT2D eigenvalue weighted by molar-refractivity contribution is 7.41. The van der Waals surface area contributed by atoms with E-state index < -0.39 is 81.0 Å². The van der Waals surface area contributed by atoms with Crippen molar-refractivity contribution in [3.63, 3.8) is 0 Å². The lowest BCUT2D eigenvalue weighted by molar-refractivity contribution is -0.139. The van der Waals surface area contributed by atoms with E-state index in [2.05, 4.69) is 0 Å². The largest absolute Gasteiger partial charge is 0.510 e. The monoisotopic (exact) mass is 604 g/mol. The zero-order valence-electron chi connectivity index (χ0n) is 22.7. The summed E-state index contributed by atoms with van der Waals surface area (Å²) in [6.45, 7) is 8.22. The summed E-state index contributed by atoms with van der Waals surface area (Å²) < 4.78 is 81.1. The lowest BCUT2D eigenvalue weighted by atomic mass is 10.2. The number of halogens is 3. The van der Waals surface area contributed by atoms with Crippen molar-refractivity contribution in [2.24, 2.45) is 0 Å². The van der Waals surface area contributed by atoms with Crippen LogP contribution in [0.1, 0.15) is 66.2 Å². The molecule has 2 heterocycles. The minimum absolute atomic E-state index is 0.125. The van der Waals surface area contributed by atoms with Crippen LogP contribution in [-0.2, 0) is 43.4 Å². The van der Waals surface area contributed by atoms with E-state index in [4.69, 9.17) is 37.3 Å². The molecule has 1 aromatic rings. The molecule has 14 nitrogen and oxygen atoms in total. The minimum atomic E-state index is -4.97. The Morgan fingerprint density at radius 1 is 0.950 bits per heavy atom. The predicted octanol–water partition coefficient (Wildman–Crippen LogP) is 4.33. The fraction of sp³-hybridized carbons (Fsp3) is 0.727. The number of aromatic amines is 1. The second kappa shape index (κ2) is 13.8. The smallest absolute Gasteiger partial charge is 0.429 e. The van der Waals surface area contributed by atoms with Crippen molar-refractivity contribution in [2.75, 3.05) is 20.2 Å². The van der Waals surface area contributed by atoms with E-state index in [1.165, 1.54) is 0 Å². The average molecular weight is 604 g/mol. The van der Waals surface area contributed by atoms with Gasteiger partial charge in [0.05, 0.1) is 12.7 Å². The van der Waals surface area contributed by atoms with Crippen LogP contribution < -0.4 is 11.2 Å². The fourth-order valence-corrected chi connectivity index (χ4v) is 3.75. The summed E-state index contributed by atoms with van der Waals surface area (Å²) in [5, 5.41) is 0. The molecule has 0 aliphatic carbocycles.